The molecule has 0 spiro atoms. The van der Waals surface area contributed by atoms with Crippen LogP contribution < -0.4 is 5.56 Å². The normalized spacial score (nSPS) is 18.8. The van der Waals surface area contributed by atoms with E-state index in [0.29, 0.717) is 23.2 Å². The minimum Gasteiger partial charge on any atom is -0.448 e. The van der Waals surface area contributed by atoms with Crippen molar-refractivity contribution in [2.24, 2.45) is 0 Å². The summed E-state index contributed by atoms with van der Waals surface area (Å²) >= 11 is 0. The predicted molar refractivity (Wildman–Crippen MR) is 116 cm³/mol. The average molecular weight is 408 g/mol. The van der Waals surface area contributed by atoms with Gasteiger partial charge in [-0.1, -0.05) is 50.7 Å². The lowest BCUT2D eigenvalue weighted by molar-refractivity contribution is -0.138. The minimum absolute atomic E-state index is 0.0336. The summed E-state index contributed by atoms with van der Waals surface area (Å²) in [6.45, 7) is 0.0336. The average Bonchev–Trinajstić information content (AvgIpc) is 3.17. The van der Waals surface area contributed by atoms with Crippen molar-refractivity contribution in [1.82, 2.24) is 14.5 Å². The Bertz CT molecular complexity index is 1090. The van der Waals surface area contributed by atoms with E-state index >= 15 is 0 Å². The summed E-state index contributed by atoms with van der Waals surface area (Å²) in [5, 5.41) is 0.828. The van der Waals surface area contributed by atoms with Gasteiger partial charge in [-0.25, -0.2) is 4.98 Å². The molecule has 0 bridgehead atoms. The molecule has 0 aliphatic heterocycles. The molecule has 0 N–H and O–H groups in total. The summed E-state index contributed by atoms with van der Waals surface area (Å²) in [4.78, 5) is 33.2. The van der Waals surface area contributed by atoms with Gasteiger partial charge in [0.05, 0.1) is 6.33 Å². The van der Waals surface area contributed by atoms with Crippen molar-refractivity contribution in [3.63, 3.8) is 0 Å². The number of carbonyl (C=O) groups is 1. The third-order valence-electron chi connectivity index (χ3n) is 6.88. The second kappa shape index (κ2) is 8.25. The van der Waals surface area contributed by atoms with Gasteiger partial charge in [-0.3, -0.25) is 14.2 Å². The number of para-hydroxylation sites is 1. The third-order valence-corrected chi connectivity index (χ3v) is 6.88. The lowest BCUT2D eigenvalue weighted by Crippen LogP contribution is -2.50. The largest absolute Gasteiger partial charge is 0.448 e. The minimum atomic E-state index is -0.281. The highest BCUT2D eigenvalue weighted by Crippen LogP contribution is 2.30. The maximum atomic E-state index is 13.5. The van der Waals surface area contributed by atoms with Crippen LogP contribution in [0.3, 0.4) is 0 Å². The summed E-state index contributed by atoms with van der Waals surface area (Å²) in [5.41, 5.74) is 1.16. The second-order valence-corrected chi connectivity index (χ2v) is 8.84. The van der Waals surface area contributed by atoms with Crippen LogP contribution in [0.1, 0.15) is 64.2 Å². The van der Waals surface area contributed by atoms with Crippen molar-refractivity contribution in [2.75, 3.05) is 0 Å². The Kier molecular flexibility index (Phi) is 5.32. The van der Waals surface area contributed by atoms with E-state index in [-0.39, 0.29) is 23.6 Å². The molecule has 3 aromatic rings. The number of aromatic nitrogens is 2. The SMILES string of the molecule is O=C(Cn1cnc2c(oc3ccccc32)c1=O)N(C1CCCCC1)C1CCCCC1. The standard InChI is InChI=1S/C24H29N3O3/c28-21(27(17-9-3-1-4-10-17)18-11-5-2-6-12-18)15-26-16-25-22-19-13-7-8-14-20(19)30-23(22)24(26)29/h7-8,13-14,16-18H,1-6,9-12,15H2. The van der Waals surface area contributed by atoms with E-state index in [4.69, 9.17) is 4.42 Å². The Labute approximate surface area is 175 Å². The van der Waals surface area contributed by atoms with Gasteiger partial charge in [0.25, 0.3) is 5.56 Å². The van der Waals surface area contributed by atoms with Crippen LogP contribution in [0.5, 0.6) is 0 Å². The van der Waals surface area contributed by atoms with Crippen molar-refractivity contribution >= 4 is 28.0 Å². The molecule has 0 radical (unpaired) electrons. The Hall–Kier alpha value is -2.63. The number of fused-ring (bicyclic) bond motifs is 3. The Balaban J connectivity index is 1.45. The van der Waals surface area contributed by atoms with Gasteiger partial charge >= 0.3 is 0 Å². The number of benzene rings is 1. The van der Waals surface area contributed by atoms with Gasteiger partial charge in [0.1, 0.15) is 17.6 Å². The highest BCUT2D eigenvalue weighted by Gasteiger charge is 2.32. The van der Waals surface area contributed by atoms with Crippen LogP contribution in [0.15, 0.2) is 39.8 Å². The molecular weight excluding hydrogens is 378 g/mol. The summed E-state index contributed by atoms with van der Waals surface area (Å²) in [7, 11) is 0. The van der Waals surface area contributed by atoms with Crippen LogP contribution in [0.25, 0.3) is 22.1 Å². The predicted octanol–water partition coefficient (Wildman–Crippen LogP) is 4.64. The number of carbonyl (C=O) groups excluding carboxylic acids is 1. The van der Waals surface area contributed by atoms with E-state index in [0.717, 1.165) is 31.1 Å². The molecule has 2 heterocycles. The molecule has 0 unspecified atom stereocenters. The highest BCUT2D eigenvalue weighted by molar-refractivity contribution is 6.01. The van der Waals surface area contributed by atoms with Crippen LogP contribution in [0.2, 0.25) is 0 Å². The number of furan rings is 1. The molecule has 0 saturated heterocycles. The number of hydrogen-bond acceptors (Lipinski definition) is 4. The van der Waals surface area contributed by atoms with E-state index in [1.165, 1.54) is 49.4 Å². The molecule has 2 aromatic heterocycles. The zero-order valence-electron chi connectivity index (χ0n) is 17.4. The maximum absolute atomic E-state index is 13.5. The second-order valence-electron chi connectivity index (χ2n) is 8.84. The molecule has 2 saturated carbocycles. The highest BCUT2D eigenvalue weighted by atomic mass is 16.3. The van der Waals surface area contributed by atoms with Crippen molar-refractivity contribution in [2.45, 2.75) is 82.8 Å². The van der Waals surface area contributed by atoms with E-state index in [1.807, 2.05) is 24.3 Å². The van der Waals surface area contributed by atoms with Gasteiger partial charge < -0.3 is 9.32 Å². The van der Waals surface area contributed by atoms with Gasteiger partial charge in [0.15, 0.2) is 0 Å². The molecule has 158 valence electrons. The molecule has 1 aromatic carbocycles. The molecule has 6 heteroatoms. The summed E-state index contributed by atoms with van der Waals surface area (Å²) in [5.74, 6) is 0.0492. The summed E-state index contributed by atoms with van der Waals surface area (Å²) in [6, 6.07) is 8.14. The van der Waals surface area contributed by atoms with Crippen molar-refractivity contribution in [3.8, 4) is 0 Å². The van der Waals surface area contributed by atoms with Crippen LogP contribution in [0.4, 0.5) is 0 Å². The van der Waals surface area contributed by atoms with E-state index in [2.05, 4.69) is 9.88 Å². The summed E-state index contributed by atoms with van der Waals surface area (Å²) < 4.78 is 7.20. The monoisotopic (exact) mass is 407 g/mol. The van der Waals surface area contributed by atoms with Crippen LogP contribution in [0, 0.1) is 0 Å². The first-order valence-electron chi connectivity index (χ1n) is 11.4. The van der Waals surface area contributed by atoms with E-state index < -0.39 is 0 Å². The smallest absolute Gasteiger partial charge is 0.297 e. The number of hydrogen-bond donors (Lipinski definition) is 0. The topological polar surface area (TPSA) is 68.3 Å². The molecule has 6 nitrogen and oxygen atoms in total. The Morgan fingerprint density at radius 3 is 2.30 bits per heavy atom. The fourth-order valence-corrected chi connectivity index (χ4v) is 5.38. The fourth-order valence-electron chi connectivity index (χ4n) is 5.38. The van der Waals surface area contributed by atoms with Crippen LogP contribution in [-0.2, 0) is 11.3 Å². The zero-order chi connectivity index (χ0) is 20.5. The van der Waals surface area contributed by atoms with Crippen molar-refractivity contribution in [1.29, 1.82) is 0 Å². The van der Waals surface area contributed by atoms with E-state index in [9.17, 15) is 9.59 Å². The van der Waals surface area contributed by atoms with Crippen LogP contribution in [-0.4, -0.2) is 32.4 Å². The van der Waals surface area contributed by atoms with E-state index in [1.54, 1.807) is 0 Å². The summed E-state index contributed by atoms with van der Waals surface area (Å²) in [6.07, 6.45) is 13.1. The molecular formula is C24H29N3O3. The van der Waals surface area contributed by atoms with Gasteiger partial charge in [-0.2, -0.15) is 0 Å². The molecule has 2 aliphatic carbocycles. The molecule has 1 amide bonds. The maximum Gasteiger partial charge on any atom is 0.297 e. The first-order valence-corrected chi connectivity index (χ1v) is 11.4. The first-order chi connectivity index (χ1) is 14.7. The Morgan fingerprint density at radius 2 is 1.63 bits per heavy atom. The lowest BCUT2D eigenvalue weighted by Gasteiger charge is -2.42. The van der Waals surface area contributed by atoms with Gasteiger partial charge in [-0.05, 0) is 37.8 Å². The van der Waals surface area contributed by atoms with Gasteiger partial charge in [0.2, 0.25) is 11.5 Å². The third kappa shape index (κ3) is 3.53. The number of rotatable bonds is 4. The van der Waals surface area contributed by atoms with Gasteiger partial charge in [0, 0.05) is 17.5 Å². The molecule has 2 aliphatic rings. The molecule has 30 heavy (non-hydrogen) atoms. The molecule has 0 atom stereocenters. The van der Waals surface area contributed by atoms with Gasteiger partial charge in [-0.15, -0.1) is 0 Å². The Morgan fingerprint density at radius 1 is 1.00 bits per heavy atom. The molecule has 2 fully saturated rings. The van der Waals surface area contributed by atoms with Crippen LogP contribution >= 0.6 is 0 Å². The first kappa shape index (κ1) is 19.3. The lowest BCUT2D eigenvalue weighted by atomic mass is 9.88. The van der Waals surface area contributed by atoms with Crippen molar-refractivity contribution in [3.05, 3.63) is 40.9 Å². The zero-order valence-corrected chi connectivity index (χ0v) is 17.4. The molecule has 5 rings (SSSR count). The van der Waals surface area contributed by atoms with Crippen molar-refractivity contribution < 1.29 is 9.21 Å². The quantitative estimate of drug-likeness (QED) is 0.632. The number of nitrogens with zero attached hydrogens (tertiary/aromatic N) is 3. The number of amides is 1. The fraction of sp³-hybridized carbons (Fsp3) is 0.542.